The Bertz CT molecular complexity index is 338. The number of rotatable bonds is 4. The van der Waals surface area contributed by atoms with Crippen molar-refractivity contribution in [3.63, 3.8) is 0 Å². The first-order valence-electron chi connectivity index (χ1n) is 6.74. The molecule has 92 valence electrons. The van der Waals surface area contributed by atoms with Crippen LogP contribution < -0.4 is 0 Å². The van der Waals surface area contributed by atoms with Gasteiger partial charge in [-0.3, -0.25) is 4.90 Å². The third kappa shape index (κ3) is 2.98. The SMILES string of the molecule is C=CC(C)C(c1ccccc1)N1CCCCC1. The van der Waals surface area contributed by atoms with Crippen molar-refractivity contribution >= 4 is 0 Å². The van der Waals surface area contributed by atoms with Gasteiger partial charge in [-0.2, -0.15) is 0 Å². The van der Waals surface area contributed by atoms with E-state index in [-0.39, 0.29) is 0 Å². The van der Waals surface area contributed by atoms with Crippen molar-refractivity contribution in [2.24, 2.45) is 5.92 Å². The topological polar surface area (TPSA) is 3.24 Å². The molecule has 0 aliphatic carbocycles. The quantitative estimate of drug-likeness (QED) is 0.704. The molecule has 0 bridgehead atoms. The fourth-order valence-corrected chi connectivity index (χ4v) is 2.82. The summed E-state index contributed by atoms with van der Waals surface area (Å²) in [5, 5.41) is 0. The van der Waals surface area contributed by atoms with Crippen LogP contribution in [-0.2, 0) is 0 Å². The van der Waals surface area contributed by atoms with E-state index in [4.69, 9.17) is 0 Å². The molecule has 0 N–H and O–H groups in total. The molecule has 2 rings (SSSR count). The van der Waals surface area contributed by atoms with Crippen molar-refractivity contribution in [3.8, 4) is 0 Å². The van der Waals surface area contributed by atoms with Gasteiger partial charge in [-0.15, -0.1) is 6.58 Å². The van der Waals surface area contributed by atoms with E-state index in [0.29, 0.717) is 12.0 Å². The summed E-state index contributed by atoms with van der Waals surface area (Å²) in [5.41, 5.74) is 1.43. The summed E-state index contributed by atoms with van der Waals surface area (Å²) in [4.78, 5) is 2.63. The van der Waals surface area contributed by atoms with Gasteiger partial charge in [0.15, 0.2) is 0 Å². The lowest BCUT2D eigenvalue weighted by Gasteiger charge is -2.37. The lowest BCUT2D eigenvalue weighted by Crippen LogP contribution is -2.36. The molecular weight excluding hydrogens is 206 g/mol. The van der Waals surface area contributed by atoms with Crippen molar-refractivity contribution in [2.75, 3.05) is 13.1 Å². The highest BCUT2D eigenvalue weighted by molar-refractivity contribution is 5.21. The van der Waals surface area contributed by atoms with Gasteiger partial charge in [-0.1, -0.05) is 49.8 Å². The molecule has 0 aromatic heterocycles. The van der Waals surface area contributed by atoms with Crippen LogP contribution in [-0.4, -0.2) is 18.0 Å². The summed E-state index contributed by atoms with van der Waals surface area (Å²) >= 11 is 0. The fourth-order valence-electron chi connectivity index (χ4n) is 2.82. The number of nitrogens with zero attached hydrogens (tertiary/aromatic N) is 1. The van der Waals surface area contributed by atoms with Crippen molar-refractivity contribution in [1.82, 2.24) is 4.90 Å². The lowest BCUT2D eigenvalue weighted by atomic mass is 9.91. The molecule has 2 unspecified atom stereocenters. The van der Waals surface area contributed by atoms with Crippen LogP contribution in [0.25, 0.3) is 0 Å². The van der Waals surface area contributed by atoms with E-state index in [1.54, 1.807) is 0 Å². The van der Waals surface area contributed by atoms with Gasteiger partial charge in [0.1, 0.15) is 0 Å². The molecule has 1 fully saturated rings. The number of benzene rings is 1. The zero-order valence-corrected chi connectivity index (χ0v) is 10.8. The van der Waals surface area contributed by atoms with Crippen molar-refractivity contribution in [1.29, 1.82) is 0 Å². The molecule has 0 radical (unpaired) electrons. The van der Waals surface area contributed by atoms with Gasteiger partial charge in [0.2, 0.25) is 0 Å². The third-order valence-electron chi connectivity index (χ3n) is 3.79. The first-order chi connectivity index (χ1) is 8.33. The maximum Gasteiger partial charge on any atom is 0.0407 e. The van der Waals surface area contributed by atoms with Gasteiger partial charge < -0.3 is 0 Å². The number of hydrogen-bond acceptors (Lipinski definition) is 1. The van der Waals surface area contributed by atoms with Crippen LogP contribution in [0.15, 0.2) is 43.0 Å². The highest BCUT2D eigenvalue weighted by atomic mass is 15.2. The first kappa shape index (κ1) is 12.4. The smallest absolute Gasteiger partial charge is 0.0407 e. The van der Waals surface area contributed by atoms with E-state index >= 15 is 0 Å². The third-order valence-corrected chi connectivity index (χ3v) is 3.79. The monoisotopic (exact) mass is 229 g/mol. The molecule has 1 aliphatic rings. The van der Waals surface area contributed by atoms with E-state index < -0.39 is 0 Å². The highest BCUT2D eigenvalue weighted by Gasteiger charge is 2.25. The minimum atomic E-state index is 0.508. The molecule has 0 amide bonds. The second kappa shape index (κ2) is 6.02. The van der Waals surface area contributed by atoms with Gasteiger partial charge >= 0.3 is 0 Å². The Labute approximate surface area is 105 Å². The summed E-state index contributed by atoms with van der Waals surface area (Å²) in [7, 11) is 0. The minimum Gasteiger partial charge on any atom is -0.296 e. The molecule has 2 atom stereocenters. The maximum absolute atomic E-state index is 3.98. The van der Waals surface area contributed by atoms with E-state index in [2.05, 4.69) is 54.8 Å². The summed E-state index contributed by atoms with van der Waals surface area (Å²) in [5.74, 6) is 0.510. The molecule has 1 aromatic rings. The van der Waals surface area contributed by atoms with E-state index in [9.17, 15) is 0 Å². The Morgan fingerprint density at radius 1 is 1.12 bits per heavy atom. The zero-order valence-electron chi connectivity index (χ0n) is 10.8. The van der Waals surface area contributed by atoms with Gasteiger partial charge in [-0.05, 0) is 37.4 Å². The molecule has 17 heavy (non-hydrogen) atoms. The average Bonchev–Trinajstić information content (AvgIpc) is 2.41. The minimum absolute atomic E-state index is 0.508. The van der Waals surface area contributed by atoms with Crippen LogP contribution >= 0.6 is 0 Å². The largest absolute Gasteiger partial charge is 0.296 e. The molecule has 1 aliphatic heterocycles. The van der Waals surface area contributed by atoms with E-state index in [0.717, 1.165) is 0 Å². The van der Waals surface area contributed by atoms with Gasteiger partial charge in [-0.25, -0.2) is 0 Å². The van der Waals surface area contributed by atoms with Gasteiger partial charge in [0.25, 0.3) is 0 Å². The number of likely N-dealkylation sites (tertiary alicyclic amines) is 1. The summed E-state index contributed by atoms with van der Waals surface area (Å²) in [6.07, 6.45) is 6.16. The molecule has 1 aromatic carbocycles. The van der Waals surface area contributed by atoms with Crippen LogP contribution in [0.5, 0.6) is 0 Å². The van der Waals surface area contributed by atoms with Crippen molar-refractivity contribution < 1.29 is 0 Å². The van der Waals surface area contributed by atoms with Crippen LogP contribution in [0.4, 0.5) is 0 Å². The molecule has 1 nitrogen and oxygen atoms in total. The predicted molar refractivity (Wildman–Crippen MR) is 74.0 cm³/mol. The van der Waals surface area contributed by atoms with Gasteiger partial charge in [0, 0.05) is 6.04 Å². The lowest BCUT2D eigenvalue weighted by molar-refractivity contribution is 0.137. The normalized spacial score (nSPS) is 20.8. The number of hydrogen-bond donors (Lipinski definition) is 0. The molecule has 0 saturated carbocycles. The zero-order chi connectivity index (χ0) is 12.1. The Hall–Kier alpha value is -1.08. The van der Waals surface area contributed by atoms with Crippen LogP contribution in [0.1, 0.15) is 37.8 Å². The first-order valence-corrected chi connectivity index (χ1v) is 6.74. The molecule has 1 saturated heterocycles. The fraction of sp³-hybridized carbons (Fsp3) is 0.500. The Balaban J connectivity index is 2.21. The maximum atomic E-state index is 3.98. The second-order valence-corrected chi connectivity index (χ2v) is 5.05. The van der Waals surface area contributed by atoms with E-state index in [1.165, 1.54) is 37.9 Å². The van der Waals surface area contributed by atoms with Crippen molar-refractivity contribution in [3.05, 3.63) is 48.6 Å². The average molecular weight is 229 g/mol. The van der Waals surface area contributed by atoms with Crippen molar-refractivity contribution in [2.45, 2.75) is 32.2 Å². The summed E-state index contributed by atoms with van der Waals surface area (Å²) in [6.45, 7) is 8.72. The molecular formula is C16H23N. The second-order valence-electron chi connectivity index (χ2n) is 5.05. The highest BCUT2D eigenvalue weighted by Crippen LogP contribution is 2.31. The van der Waals surface area contributed by atoms with E-state index in [1.807, 2.05) is 0 Å². The predicted octanol–water partition coefficient (Wildman–Crippen LogP) is 4.04. The molecule has 0 spiro atoms. The number of piperidine rings is 1. The summed E-state index contributed by atoms with van der Waals surface area (Å²) < 4.78 is 0. The molecule has 1 heterocycles. The Kier molecular flexibility index (Phi) is 4.38. The standard InChI is InChI=1S/C16H23N/c1-3-14(2)16(15-10-6-4-7-11-15)17-12-8-5-9-13-17/h3-4,6-7,10-11,14,16H,1,5,8-9,12-13H2,2H3. The van der Waals surface area contributed by atoms with Gasteiger partial charge in [0.05, 0.1) is 0 Å². The van der Waals surface area contributed by atoms with Crippen LogP contribution in [0, 0.1) is 5.92 Å². The Morgan fingerprint density at radius 3 is 2.35 bits per heavy atom. The van der Waals surface area contributed by atoms with Crippen LogP contribution in [0.3, 0.4) is 0 Å². The summed E-state index contributed by atoms with van der Waals surface area (Å²) in [6, 6.07) is 11.4. The molecule has 1 heteroatoms. The van der Waals surface area contributed by atoms with Crippen LogP contribution in [0.2, 0.25) is 0 Å². The Morgan fingerprint density at radius 2 is 1.76 bits per heavy atom.